The lowest BCUT2D eigenvalue weighted by Crippen LogP contribution is -2.67. The fraction of sp³-hybridized carbons (Fsp3) is 0.906. The van der Waals surface area contributed by atoms with E-state index in [1.807, 2.05) is 7.05 Å². The van der Waals surface area contributed by atoms with Crippen LogP contribution in [0.4, 0.5) is 0 Å². The molecule has 0 bridgehead atoms. The van der Waals surface area contributed by atoms with E-state index in [9.17, 15) is 9.90 Å². The Morgan fingerprint density at radius 3 is 2.26 bits per heavy atom. The molecule has 3 heteroatoms. The van der Waals surface area contributed by atoms with E-state index in [1.165, 1.54) is 50.5 Å². The van der Waals surface area contributed by atoms with Gasteiger partial charge in [0.15, 0.2) is 0 Å². The molecule has 198 valence electrons. The van der Waals surface area contributed by atoms with Gasteiger partial charge in [-0.05, 0) is 128 Å². The Morgan fingerprint density at radius 1 is 0.914 bits per heavy atom. The van der Waals surface area contributed by atoms with E-state index in [4.69, 9.17) is 0 Å². The van der Waals surface area contributed by atoms with Crippen molar-refractivity contribution in [3.8, 4) is 0 Å². The van der Waals surface area contributed by atoms with Crippen LogP contribution in [0.1, 0.15) is 106 Å². The van der Waals surface area contributed by atoms with Gasteiger partial charge < -0.3 is 10.4 Å². The third-order valence-corrected chi connectivity index (χ3v) is 14.4. The molecular weight excluding hydrogens is 430 g/mol. The maximum atomic E-state index is 13.5. The van der Waals surface area contributed by atoms with Crippen molar-refractivity contribution in [2.45, 2.75) is 106 Å². The summed E-state index contributed by atoms with van der Waals surface area (Å²) in [6.45, 7) is 19.7. The summed E-state index contributed by atoms with van der Waals surface area (Å²) in [5.74, 6) is 3.76. The van der Waals surface area contributed by atoms with E-state index in [0.29, 0.717) is 58.9 Å². The minimum absolute atomic E-state index is 0.0452. The number of fused-ring (bicyclic) bond motifs is 7. The maximum absolute atomic E-state index is 13.5. The van der Waals surface area contributed by atoms with Crippen molar-refractivity contribution < 1.29 is 9.90 Å². The normalized spacial score (nSPS) is 55.2. The van der Waals surface area contributed by atoms with E-state index in [1.54, 1.807) is 0 Å². The zero-order valence-electron chi connectivity index (χ0n) is 23.8. The smallest absolute Gasteiger partial charge is 0.226 e. The molecule has 0 radical (unpaired) electrons. The molecule has 0 aromatic rings. The first-order valence-corrected chi connectivity index (χ1v) is 14.8. The van der Waals surface area contributed by atoms with E-state index in [0.717, 1.165) is 19.3 Å². The number of carbonyl (C=O) groups excluding carboxylic acids is 1. The Balaban J connectivity index is 1.56. The molecule has 0 aliphatic heterocycles. The lowest BCUT2D eigenvalue weighted by Gasteiger charge is -2.73. The minimum atomic E-state index is -0.192. The monoisotopic (exact) mass is 483 g/mol. The van der Waals surface area contributed by atoms with E-state index in [-0.39, 0.29) is 16.2 Å². The second kappa shape index (κ2) is 8.08. The molecule has 5 saturated carbocycles. The van der Waals surface area contributed by atoms with Gasteiger partial charge in [0, 0.05) is 13.7 Å². The van der Waals surface area contributed by atoms with Crippen molar-refractivity contribution in [3.63, 3.8) is 0 Å². The Bertz CT molecular complexity index is 898. The molecule has 4 unspecified atom stereocenters. The summed E-state index contributed by atoms with van der Waals surface area (Å²) in [6.07, 6.45) is 12.1. The highest BCUT2D eigenvalue weighted by atomic mass is 16.3. The summed E-state index contributed by atoms with van der Waals surface area (Å²) in [4.78, 5) is 13.5. The van der Waals surface area contributed by atoms with Gasteiger partial charge in [0.1, 0.15) is 0 Å². The van der Waals surface area contributed by atoms with Crippen molar-refractivity contribution in [2.75, 3.05) is 13.7 Å². The second-order valence-corrected chi connectivity index (χ2v) is 15.0. The molecule has 0 saturated heterocycles. The first-order chi connectivity index (χ1) is 16.4. The average molecular weight is 484 g/mol. The maximum Gasteiger partial charge on any atom is 0.226 e. The van der Waals surface area contributed by atoms with Gasteiger partial charge in [-0.25, -0.2) is 0 Å². The molecule has 0 aromatic carbocycles. The molecule has 5 aliphatic rings. The van der Waals surface area contributed by atoms with Gasteiger partial charge in [-0.1, -0.05) is 46.8 Å². The van der Waals surface area contributed by atoms with E-state index in [2.05, 4.69) is 53.4 Å². The number of amides is 1. The highest BCUT2D eigenvalue weighted by molar-refractivity contribution is 5.83. The molecule has 5 rings (SSSR count). The Hall–Kier alpha value is -0.830. The van der Waals surface area contributed by atoms with Crippen LogP contribution in [0.5, 0.6) is 0 Å². The molecule has 3 nitrogen and oxygen atoms in total. The van der Waals surface area contributed by atoms with Crippen molar-refractivity contribution in [1.82, 2.24) is 5.32 Å². The molecule has 5 aliphatic carbocycles. The lowest BCUT2D eigenvalue weighted by atomic mass is 9.32. The van der Waals surface area contributed by atoms with Crippen LogP contribution in [0.25, 0.3) is 0 Å². The summed E-state index contributed by atoms with van der Waals surface area (Å²) in [6, 6.07) is 0. The number of carbonyl (C=O) groups is 1. The van der Waals surface area contributed by atoms with Gasteiger partial charge in [0.2, 0.25) is 5.91 Å². The lowest BCUT2D eigenvalue weighted by molar-refractivity contribution is -0.246. The molecule has 0 spiro atoms. The molecular formula is C32H53NO2. The summed E-state index contributed by atoms with van der Waals surface area (Å²) >= 11 is 0. The number of allylic oxidation sites excluding steroid dienone is 1. The van der Waals surface area contributed by atoms with Gasteiger partial charge in [0.05, 0.1) is 5.41 Å². The first kappa shape index (κ1) is 25.8. The number of nitrogens with one attached hydrogen (secondary N) is 1. The average Bonchev–Trinajstić information content (AvgIpc) is 3.23. The molecule has 11 atom stereocenters. The minimum Gasteiger partial charge on any atom is -0.396 e. The highest BCUT2D eigenvalue weighted by Gasteiger charge is 2.71. The molecule has 35 heavy (non-hydrogen) atoms. The Kier molecular flexibility index (Phi) is 5.96. The van der Waals surface area contributed by atoms with Crippen molar-refractivity contribution >= 4 is 5.91 Å². The summed E-state index contributed by atoms with van der Waals surface area (Å²) in [5, 5.41) is 13.7. The number of aliphatic hydroxyl groups is 1. The second-order valence-electron chi connectivity index (χ2n) is 15.0. The fourth-order valence-corrected chi connectivity index (χ4v) is 12.0. The Morgan fingerprint density at radius 2 is 1.63 bits per heavy atom. The van der Waals surface area contributed by atoms with Crippen LogP contribution >= 0.6 is 0 Å². The summed E-state index contributed by atoms with van der Waals surface area (Å²) < 4.78 is 0. The summed E-state index contributed by atoms with van der Waals surface area (Å²) in [5.41, 5.74) is 2.03. The van der Waals surface area contributed by atoms with Gasteiger partial charge in [-0.2, -0.15) is 0 Å². The van der Waals surface area contributed by atoms with Gasteiger partial charge in [0.25, 0.3) is 0 Å². The van der Waals surface area contributed by atoms with Crippen molar-refractivity contribution in [2.24, 2.45) is 62.6 Å². The zero-order valence-corrected chi connectivity index (χ0v) is 23.8. The predicted octanol–water partition coefficient (Wildman–Crippen LogP) is 7.00. The van der Waals surface area contributed by atoms with Crippen molar-refractivity contribution in [1.29, 1.82) is 0 Å². The van der Waals surface area contributed by atoms with Crippen LogP contribution < -0.4 is 5.32 Å². The van der Waals surface area contributed by atoms with E-state index < -0.39 is 0 Å². The SMILES string of the molecule is C=C(C)[C@@H]1CC[C@]2(C(=O)NC)CC[C@]3(C)C(CCC4[C@@]5(C)CC[C@H](C)[C@@](C)(CO)C5CC[C@]43C)C12. The third kappa shape index (κ3) is 3.03. The highest BCUT2D eigenvalue weighted by Crippen LogP contribution is 2.77. The van der Waals surface area contributed by atoms with Crippen LogP contribution in [0, 0.1) is 62.6 Å². The standard InChI is InChI=1S/C32H53NO2/c1-20(2)22-12-16-32(27(35)33-8)18-17-30(6)23(26(22)32)9-10-25-28(4)14-11-21(3)29(5,19-34)24(28)13-15-31(25,30)7/h21-26,34H,1,9-19H2,2-8H3,(H,33,35)/t21-,22-,23?,24?,25?,26?,28-,29+,30+,31+,32-/m0/s1. The molecule has 5 fully saturated rings. The molecule has 0 aromatic heterocycles. The van der Waals surface area contributed by atoms with Gasteiger partial charge in [-0.3, -0.25) is 4.79 Å². The molecule has 2 N–H and O–H groups in total. The largest absolute Gasteiger partial charge is 0.396 e. The third-order valence-electron chi connectivity index (χ3n) is 14.4. The number of hydrogen-bond acceptors (Lipinski definition) is 2. The van der Waals surface area contributed by atoms with Crippen LogP contribution in [-0.2, 0) is 4.79 Å². The number of aliphatic hydroxyl groups excluding tert-OH is 1. The van der Waals surface area contributed by atoms with Crippen LogP contribution in [0.3, 0.4) is 0 Å². The molecule has 0 heterocycles. The van der Waals surface area contributed by atoms with Crippen LogP contribution in [-0.4, -0.2) is 24.7 Å². The quantitative estimate of drug-likeness (QED) is 0.425. The summed E-state index contributed by atoms with van der Waals surface area (Å²) in [7, 11) is 1.85. The number of hydrogen-bond donors (Lipinski definition) is 2. The zero-order chi connectivity index (χ0) is 25.6. The predicted molar refractivity (Wildman–Crippen MR) is 144 cm³/mol. The van der Waals surface area contributed by atoms with Crippen LogP contribution in [0.2, 0.25) is 0 Å². The van der Waals surface area contributed by atoms with Gasteiger partial charge in [-0.15, -0.1) is 0 Å². The van der Waals surface area contributed by atoms with E-state index >= 15 is 0 Å². The van der Waals surface area contributed by atoms with Gasteiger partial charge >= 0.3 is 0 Å². The Labute approximate surface area is 215 Å². The van der Waals surface area contributed by atoms with Crippen molar-refractivity contribution in [3.05, 3.63) is 12.2 Å². The molecule has 1 amide bonds. The van der Waals surface area contributed by atoms with Crippen LogP contribution in [0.15, 0.2) is 12.2 Å². The first-order valence-electron chi connectivity index (χ1n) is 14.8. The number of rotatable bonds is 3. The topological polar surface area (TPSA) is 49.3 Å². The fourth-order valence-electron chi connectivity index (χ4n) is 12.0.